The summed E-state index contributed by atoms with van der Waals surface area (Å²) in [5.74, 6) is -0.979. The highest BCUT2D eigenvalue weighted by Crippen LogP contribution is 2.18. The minimum Gasteiger partial charge on any atom is -0.481 e. The van der Waals surface area contributed by atoms with Crippen LogP contribution in [0.1, 0.15) is 41.9 Å². The SMILES string of the molecule is Cc1ccsc1C(=O)NC(C)(C)CCC(=O)O. The highest BCUT2D eigenvalue weighted by atomic mass is 32.1. The number of thiophene rings is 1. The monoisotopic (exact) mass is 255 g/mol. The summed E-state index contributed by atoms with van der Waals surface area (Å²) in [5, 5.41) is 13.4. The van der Waals surface area contributed by atoms with Gasteiger partial charge in [-0.25, -0.2) is 0 Å². The zero-order valence-corrected chi connectivity index (χ0v) is 11.1. The average Bonchev–Trinajstić information content (AvgIpc) is 2.61. The molecule has 1 heterocycles. The minimum atomic E-state index is -0.848. The molecule has 17 heavy (non-hydrogen) atoms. The Morgan fingerprint density at radius 3 is 2.59 bits per heavy atom. The lowest BCUT2D eigenvalue weighted by Crippen LogP contribution is -2.43. The van der Waals surface area contributed by atoms with Gasteiger partial charge in [-0.15, -0.1) is 11.3 Å². The van der Waals surface area contributed by atoms with Gasteiger partial charge in [-0.1, -0.05) is 0 Å². The Hall–Kier alpha value is -1.36. The van der Waals surface area contributed by atoms with E-state index in [1.165, 1.54) is 11.3 Å². The number of carboxylic acid groups (broad SMARTS) is 1. The van der Waals surface area contributed by atoms with E-state index < -0.39 is 11.5 Å². The third kappa shape index (κ3) is 4.19. The Kier molecular flexibility index (Phi) is 4.28. The Balaban J connectivity index is 2.61. The maximum atomic E-state index is 11.9. The van der Waals surface area contributed by atoms with Crippen molar-refractivity contribution < 1.29 is 14.7 Å². The molecule has 0 fully saturated rings. The number of nitrogens with one attached hydrogen (secondary N) is 1. The molecule has 0 aliphatic carbocycles. The number of carbonyl (C=O) groups is 2. The van der Waals surface area contributed by atoms with Crippen LogP contribution in [0.15, 0.2) is 11.4 Å². The van der Waals surface area contributed by atoms with Crippen LogP contribution in [0, 0.1) is 6.92 Å². The summed E-state index contributed by atoms with van der Waals surface area (Å²) in [5.41, 5.74) is 0.438. The first-order chi connectivity index (χ1) is 7.82. The van der Waals surface area contributed by atoms with Crippen molar-refractivity contribution in [2.75, 3.05) is 0 Å². The summed E-state index contributed by atoms with van der Waals surface area (Å²) in [7, 11) is 0. The average molecular weight is 255 g/mol. The van der Waals surface area contributed by atoms with Crippen molar-refractivity contribution in [1.29, 1.82) is 0 Å². The van der Waals surface area contributed by atoms with Gasteiger partial charge in [-0.05, 0) is 44.2 Å². The predicted octanol–water partition coefficient (Wildman–Crippen LogP) is 2.43. The van der Waals surface area contributed by atoms with Gasteiger partial charge in [0.05, 0.1) is 4.88 Å². The van der Waals surface area contributed by atoms with Gasteiger partial charge in [0.1, 0.15) is 0 Å². The van der Waals surface area contributed by atoms with Gasteiger partial charge in [-0.2, -0.15) is 0 Å². The summed E-state index contributed by atoms with van der Waals surface area (Å²) in [6.07, 6.45) is 0.467. The van der Waals surface area contributed by atoms with Gasteiger partial charge in [-0.3, -0.25) is 9.59 Å². The van der Waals surface area contributed by atoms with Crippen LogP contribution >= 0.6 is 11.3 Å². The van der Waals surface area contributed by atoms with Crippen molar-refractivity contribution in [2.24, 2.45) is 0 Å². The second-order valence-electron chi connectivity index (χ2n) is 4.66. The minimum absolute atomic E-state index is 0.0523. The molecule has 0 unspecified atom stereocenters. The van der Waals surface area contributed by atoms with Crippen LogP contribution in [0.3, 0.4) is 0 Å². The molecule has 0 atom stereocenters. The largest absolute Gasteiger partial charge is 0.481 e. The molecule has 5 heteroatoms. The van der Waals surface area contributed by atoms with Crippen molar-refractivity contribution in [1.82, 2.24) is 5.32 Å². The van der Waals surface area contributed by atoms with E-state index in [0.717, 1.165) is 5.56 Å². The topological polar surface area (TPSA) is 66.4 Å². The lowest BCUT2D eigenvalue weighted by Gasteiger charge is -2.25. The molecule has 94 valence electrons. The summed E-state index contributed by atoms with van der Waals surface area (Å²) in [4.78, 5) is 23.1. The zero-order valence-electron chi connectivity index (χ0n) is 10.2. The van der Waals surface area contributed by atoms with Gasteiger partial charge in [0.2, 0.25) is 0 Å². The Morgan fingerprint density at radius 1 is 1.47 bits per heavy atom. The lowest BCUT2D eigenvalue weighted by molar-refractivity contribution is -0.137. The van der Waals surface area contributed by atoms with Crippen molar-refractivity contribution in [3.63, 3.8) is 0 Å². The Labute approximate surface area is 105 Å². The van der Waals surface area contributed by atoms with Gasteiger partial charge in [0, 0.05) is 12.0 Å². The van der Waals surface area contributed by atoms with E-state index in [1.54, 1.807) is 0 Å². The van der Waals surface area contributed by atoms with E-state index >= 15 is 0 Å². The van der Waals surface area contributed by atoms with Crippen LogP contribution < -0.4 is 5.32 Å². The van der Waals surface area contributed by atoms with Crippen molar-refractivity contribution in [2.45, 2.75) is 39.2 Å². The normalized spacial score (nSPS) is 11.2. The maximum Gasteiger partial charge on any atom is 0.303 e. The number of hydrogen-bond acceptors (Lipinski definition) is 3. The van der Waals surface area contributed by atoms with E-state index in [2.05, 4.69) is 5.32 Å². The highest BCUT2D eigenvalue weighted by molar-refractivity contribution is 7.12. The van der Waals surface area contributed by atoms with E-state index in [0.29, 0.717) is 11.3 Å². The van der Waals surface area contributed by atoms with E-state index in [9.17, 15) is 9.59 Å². The number of aryl methyl sites for hydroxylation is 1. The van der Waals surface area contributed by atoms with Crippen molar-refractivity contribution >= 4 is 23.2 Å². The first-order valence-corrected chi connectivity index (χ1v) is 6.28. The lowest BCUT2D eigenvalue weighted by atomic mass is 9.98. The molecule has 1 amide bonds. The third-order valence-corrected chi connectivity index (χ3v) is 3.50. The molecule has 0 bridgehead atoms. The van der Waals surface area contributed by atoms with E-state index in [-0.39, 0.29) is 12.3 Å². The standard InChI is InChI=1S/C12H17NO3S/c1-8-5-7-17-10(8)11(16)13-12(2,3)6-4-9(14)15/h5,7H,4,6H2,1-3H3,(H,13,16)(H,14,15). The van der Waals surface area contributed by atoms with Crippen molar-refractivity contribution in [3.05, 3.63) is 21.9 Å². The van der Waals surface area contributed by atoms with E-state index in [4.69, 9.17) is 5.11 Å². The second kappa shape index (κ2) is 5.31. The van der Waals surface area contributed by atoms with E-state index in [1.807, 2.05) is 32.2 Å². The molecule has 0 spiro atoms. The molecule has 0 aromatic carbocycles. The number of carbonyl (C=O) groups excluding carboxylic acids is 1. The Morgan fingerprint density at radius 2 is 2.12 bits per heavy atom. The summed E-state index contributed by atoms with van der Waals surface area (Å²) >= 11 is 1.39. The fourth-order valence-electron chi connectivity index (χ4n) is 1.45. The highest BCUT2D eigenvalue weighted by Gasteiger charge is 2.23. The third-order valence-electron chi connectivity index (χ3n) is 2.48. The molecular weight excluding hydrogens is 238 g/mol. The van der Waals surface area contributed by atoms with Gasteiger partial charge in [0.15, 0.2) is 0 Å². The van der Waals surface area contributed by atoms with Crippen LogP contribution in [0.4, 0.5) is 0 Å². The molecule has 0 saturated heterocycles. The smallest absolute Gasteiger partial charge is 0.303 e. The molecule has 0 saturated carbocycles. The number of hydrogen-bond donors (Lipinski definition) is 2. The number of carboxylic acids is 1. The van der Waals surface area contributed by atoms with Crippen LogP contribution in [-0.2, 0) is 4.79 Å². The molecule has 1 aromatic rings. The van der Waals surface area contributed by atoms with Crippen molar-refractivity contribution in [3.8, 4) is 0 Å². The summed E-state index contributed by atoms with van der Waals surface area (Å²) in [6.45, 7) is 5.54. The molecule has 4 nitrogen and oxygen atoms in total. The van der Waals surface area contributed by atoms with Crippen LogP contribution in [0.5, 0.6) is 0 Å². The van der Waals surface area contributed by atoms with Gasteiger partial charge >= 0.3 is 5.97 Å². The second-order valence-corrected chi connectivity index (χ2v) is 5.58. The predicted molar refractivity (Wildman–Crippen MR) is 67.5 cm³/mol. The van der Waals surface area contributed by atoms with Crippen LogP contribution in [0.2, 0.25) is 0 Å². The summed E-state index contributed by atoms with van der Waals surface area (Å²) < 4.78 is 0. The zero-order chi connectivity index (χ0) is 13.1. The molecule has 0 aliphatic rings. The molecule has 1 rings (SSSR count). The number of amides is 1. The molecular formula is C12H17NO3S. The fraction of sp³-hybridized carbons (Fsp3) is 0.500. The first-order valence-electron chi connectivity index (χ1n) is 5.40. The molecule has 0 radical (unpaired) electrons. The number of rotatable bonds is 5. The van der Waals surface area contributed by atoms with Gasteiger partial charge < -0.3 is 10.4 Å². The first kappa shape index (κ1) is 13.7. The molecule has 0 aliphatic heterocycles. The number of aliphatic carboxylic acids is 1. The maximum absolute atomic E-state index is 11.9. The molecule has 2 N–H and O–H groups in total. The quantitative estimate of drug-likeness (QED) is 0.849. The van der Waals surface area contributed by atoms with Crippen LogP contribution in [-0.4, -0.2) is 22.5 Å². The molecule has 1 aromatic heterocycles. The fourth-order valence-corrected chi connectivity index (χ4v) is 2.27. The van der Waals surface area contributed by atoms with Crippen LogP contribution in [0.25, 0.3) is 0 Å². The van der Waals surface area contributed by atoms with Gasteiger partial charge in [0.25, 0.3) is 5.91 Å². The summed E-state index contributed by atoms with van der Waals surface area (Å²) in [6, 6.07) is 1.89. The Bertz CT molecular complexity index is 423.